The lowest BCUT2D eigenvalue weighted by atomic mass is 10.0. The minimum absolute atomic E-state index is 0.441. The highest BCUT2D eigenvalue weighted by Crippen LogP contribution is 2.33. The van der Waals surface area contributed by atoms with Gasteiger partial charge in [-0.05, 0) is 51.7 Å². The van der Waals surface area contributed by atoms with Crippen molar-refractivity contribution in [1.29, 1.82) is 0 Å². The van der Waals surface area contributed by atoms with E-state index >= 15 is 0 Å². The van der Waals surface area contributed by atoms with Crippen molar-refractivity contribution in [2.75, 3.05) is 4.90 Å². The number of rotatable bonds is 1. The van der Waals surface area contributed by atoms with Crippen LogP contribution in [0.2, 0.25) is 0 Å². The minimum Gasteiger partial charge on any atom is -0.465 e. The van der Waals surface area contributed by atoms with Gasteiger partial charge in [-0.2, -0.15) is 0 Å². The van der Waals surface area contributed by atoms with Gasteiger partial charge in [0.25, 0.3) is 0 Å². The Morgan fingerprint density at radius 2 is 2.12 bits per heavy atom. The number of anilines is 1. The molecule has 17 heavy (non-hydrogen) atoms. The molecule has 2 rings (SSSR count). The number of carboxylic acid groups (broad SMARTS) is 1. The number of aromatic nitrogens is 1. The molecule has 0 saturated heterocycles. The van der Waals surface area contributed by atoms with Gasteiger partial charge in [-0.3, -0.25) is 9.88 Å². The van der Waals surface area contributed by atoms with Gasteiger partial charge in [-0.1, -0.05) is 0 Å². The first-order valence-corrected chi connectivity index (χ1v) is 5.91. The van der Waals surface area contributed by atoms with E-state index in [1.807, 2.05) is 26.8 Å². The summed E-state index contributed by atoms with van der Waals surface area (Å²) in [6.45, 7) is 5.72. The smallest absolute Gasteiger partial charge is 0.412 e. The molecule has 1 aromatic heterocycles. The molecule has 0 fully saturated rings. The van der Waals surface area contributed by atoms with Gasteiger partial charge in [0.05, 0.1) is 5.69 Å². The zero-order valence-electron chi connectivity index (χ0n) is 10.5. The van der Waals surface area contributed by atoms with Crippen molar-refractivity contribution in [3.63, 3.8) is 0 Å². The summed E-state index contributed by atoms with van der Waals surface area (Å²) in [5, 5.41) is 9.40. The molecule has 4 heteroatoms. The van der Waals surface area contributed by atoms with Crippen LogP contribution in [0.15, 0.2) is 12.3 Å². The molecule has 0 aliphatic heterocycles. The van der Waals surface area contributed by atoms with Crippen molar-refractivity contribution in [3.8, 4) is 0 Å². The zero-order chi connectivity index (χ0) is 12.6. The molecule has 0 saturated carbocycles. The van der Waals surface area contributed by atoms with Gasteiger partial charge < -0.3 is 5.11 Å². The van der Waals surface area contributed by atoms with E-state index in [-0.39, 0.29) is 0 Å². The lowest BCUT2D eigenvalue weighted by Gasteiger charge is -2.34. The predicted octanol–water partition coefficient (Wildman–Crippen LogP) is 2.85. The summed E-state index contributed by atoms with van der Waals surface area (Å²) in [5.41, 5.74) is 2.51. The van der Waals surface area contributed by atoms with Crippen LogP contribution in [0.1, 0.15) is 38.4 Å². The number of hydrogen-bond donors (Lipinski definition) is 1. The number of nitrogens with zero attached hydrogens (tertiary/aromatic N) is 2. The van der Waals surface area contributed by atoms with Crippen LogP contribution in [0.25, 0.3) is 0 Å². The van der Waals surface area contributed by atoms with Crippen LogP contribution in [0, 0.1) is 0 Å². The summed E-state index contributed by atoms with van der Waals surface area (Å²) in [7, 11) is 0. The Hall–Kier alpha value is -1.58. The highest BCUT2D eigenvalue weighted by atomic mass is 16.4. The Morgan fingerprint density at radius 3 is 2.71 bits per heavy atom. The standard InChI is InChI=1S/C13H18N2O2/c1-13(2,3)15(12(16)17)11-7-8-14-10-6-4-5-9(10)11/h7-8H,4-6H2,1-3H3,(H,16,17). The fraction of sp³-hybridized carbons (Fsp3) is 0.538. The van der Waals surface area contributed by atoms with Gasteiger partial charge in [-0.25, -0.2) is 4.79 Å². The third kappa shape index (κ3) is 2.12. The van der Waals surface area contributed by atoms with E-state index in [0.29, 0.717) is 0 Å². The second kappa shape index (κ2) is 4.02. The lowest BCUT2D eigenvalue weighted by Crippen LogP contribution is -2.45. The second-order valence-corrected chi connectivity index (χ2v) is 5.40. The Labute approximate surface area is 101 Å². The van der Waals surface area contributed by atoms with Crippen molar-refractivity contribution >= 4 is 11.8 Å². The number of pyridine rings is 1. The molecule has 1 N–H and O–H groups in total. The van der Waals surface area contributed by atoms with E-state index in [1.165, 1.54) is 4.90 Å². The number of carbonyl (C=O) groups is 1. The van der Waals surface area contributed by atoms with Crippen molar-refractivity contribution in [3.05, 3.63) is 23.5 Å². The largest absolute Gasteiger partial charge is 0.465 e. The molecule has 0 aromatic carbocycles. The summed E-state index contributed by atoms with van der Waals surface area (Å²) < 4.78 is 0. The van der Waals surface area contributed by atoms with Crippen LogP contribution in [-0.2, 0) is 12.8 Å². The molecule has 0 bridgehead atoms. The van der Waals surface area contributed by atoms with Gasteiger partial charge in [0.15, 0.2) is 0 Å². The highest BCUT2D eigenvalue weighted by molar-refractivity contribution is 5.88. The minimum atomic E-state index is -0.905. The Morgan fingerprint density at radius 1 is 1.41 bits per heavy atom. The van der Waals surface area contributed by atoms with Crippen molar-refractivity contribution < 1.29 is 9.90 Å². The summed E-state index contributed by atoms with van der Waals surface area (Å²) in [6, 6.07) is 1.81. The maximum absolute atomic E-state index is 11.5. The summed E-state index contributed by atoms with van der Waals surface area (Å²) in [5.74, 6) is 0. The number of fused-ring (bicyclic) bond motifs is 1. The molecular formula is C13H18N2O2. The fourth-order valence-electron chi connectivity index (χ4n) is 2.41. The SMILES string of the molecule is CC(C)(C)N(C(=O)O)c1ccnc2c1CCC2. The Kier molecular flexibility index (Phi) is 2.81. The maximum atomic E-state index is 11.5. The monoisotopic (exact) mass is 234 g/mol. The second-order valence-electron chi connectivity index (χ2n) is 5.40. The molecule has 0 unspecified atom stereocenters. The van der Waals surface area contributed by atoms with Crippen molar-refractivity contribution in [2.45, 2.75) is 45.6 Å². The van der Waals surface area contributed by atoms with E-state index in [1.54, 1.807) is 6.20 Å². The molecule has 0 spiro atoms. The Balaban J connectivity index is 2.52. The molecule has 1 heterocycles. The van der Waals surface area contributed by atoms with Crippen LogP contribution in [-0.4, -0.2) is 21.7 Å². The average molecular weight is 234 g/mol. The fourth-order valence-corrected chi connectivity index (χ4v) is 2.41. The average Bonchev–Trinajstić information content (AvgIpc) is 2.63. The maximum Gasteiger partial charge on any atom is 0.412 e. The van der Waals surface area contributed by atoms with Crippen LogP contribution in [0.5, 0.6) is 0 Å². The van der Waals surface area contributed by atoms with Crippen LogP contribution in [0.4, 0.5) is 10.5 Å². The van der Waals surface area contributed by atoms with Crippen LogP contribution < -0.4 is 4.90 Å². The molecule has 4 nitrogen and oxygen atoms in total. The van der Waals surface area contributed by atoms with Gasteiger partial charge in [-0.15, -0.1) is 0 Å². The van der Waals surface area contributed by atoms with Crippen molar-refractivity contribution in [1.82, 2.24) is 4.98 Å². The third-order valence-electron chi connectivity index (χ3n) is 3.06. The van der Waals surface area contributed by atoms with E-state index < -0.39 is 11.6 Å². The van der Waals surface area contributed by atoms with Gasteiger partial charge >= 0.3 is 6.09 Å². The number of hydrogen-bond acceptors (Lipinski definition) is 2. The van der Waals surface area contributed by atoms with Gasteiger partial charge in [0, 0.05) is 17.4 Å². The molecule has 1 aromatic rings. The van der Waals surface area contributed by atoms with Gasteiger partial charge in [0.2, 0.25) is 0 Å². The zero-order valence-corrected chi connectivity index (χ0v) is 10.5. The first-order valence-electron chi connectivity index (χ1n) is 5.91. The van der Waals surface area contributed by atoms with Crippen molar-refractivity contribution in [2.24, 2.45) is 0 Å². The first kappa shape index (κ1) is 11.9. The van der Waals surface area contributed by atoms with E-state index in [4.69, 9.17) is 0 Å². The molecule has 1 aliphatic carbocycles. The molecular weight excluding hydrogens is 216 g/mol. The lowest BCUT2D eigenvalue weighted by molar-refractivity contribution is 0.195. The van der Waals surface area contributed by atoms with E-state index in [2.05, 4.69) is 4.98 Å². The quantitative estimate of drug-likeness (QED) is 0.812. The normalized spacial score (nSPS) is 14.5. The molecule has 1 amide bonds. The van der Waals surface area contributed by atoms with Gasteiger partial charge in [0.1, 0.15) is 0 Å². The summed E-state index contributed by atoms with van der Waals surface area (Å²) in [6.07, 6.45) is 3.76. The van der Waals surface area contributed by atoms with E-state index in [0.717, 1.165) is 36.2 Å². The highest BCUT2D eigenvalue weighted by Gasteiger charge is 2.31. The molecule has 0 radical (unpaired) electrons. The molecule has 1 aliphatic rings. The number of amides is 1. The van der Waals surface area contributed by atoms with Crippen LogP contribution in [0.3, 0.4) is 0 Å². The number of aryl methyl sites for hydroxylation is 1. The Bertz CT molecular complexity index is 449. The topological polar surface area (TPSA) is 53.4 Å². The third-order valence-corrected chi connectivity index (χ3v) is 3.06. The molecule has 0 atom stereocenters. The molecule has 92 valence electrons. The predicted molar refractivity (Wildman–Crippen MR) is 66.5 cm³/mol. The van der Waals surface area contributed by atoms with E-state index in [9.17, 15) is 9.90 Å². The first-order chi connectivity index (χ1) is 7.91. The van der Waals surface area contributed by atoms with Crippen LogP contribution >= 0.6 is 0 Å². The summed E-state index contributed by atoms with van der Waals surface area (Å²) >= 11 is 0. The summed E-state index contributed by atoms with van der Waals surface area (Å²) in [4.78, 5) is 17.2.